The number of carbonyl (C=O) groups excluding carboxylic acids is 1. The number of esters is 1. The van der Waals surface area contributed by atoms with Crippen LogP contribution in [-0.4, -0.2) is 27.4 Å². The van der Waals surface area contributed by atoms with Gasteiger partial charge in [0.15, 0.2) is 4.96 Å². The van der Waals surface area contributed by atoms with Crippen molar-refractivity contribution in [2.45, 2.75) is 6.61 Å². The Morgan fingerprint density at radius 3 is 2.92 bits per heavy atom. The van der Waals surface area contributed by atoms with Gasteiger partial charge in [0.1, 0.15) is 17.9 Å². The van der Waals surface area contributed by atoms with Crippen molar-refractivity contribution in [3.8, 4) is 5.75 Å². The summed E-state index contributed by atoms with van der Waals surface area (Å²) >= 11 is 1.27. The summed E-state index contributed by atoms with van der Waals surface area (Å²) in [4.78, 5) is 39.1. The van der Waals surface area contributed by atoms with E-state index in [0.717, 1.165) is 6.07 Å². The molecule has 128 valence electrons. The number of hydrogen-bond acceptors (Lipinski definition) is 8. The topological polar surface area (TPSA) is 113 Å². The van der Waals surface area contributed by atoms with Crippen LogP contribution >= 0.6 is 11.3 Å². The number of thiazole rings is 1. The Morgan fingerprint density at radius 1 is 1.40 bits per heavy atom. The van der Waals surface area contributed by atoms with Gasteiger partial charge in [0.05, 0.1) is 17.7 Å². The first kappa shape index (κ1) is 16.6. The van der Waals surface area contributed by atoms with Gasteiger partial charge in [-0.1, -0.05) is 0 Å². The Morgan fingerprint density at radius 2 is 2.20 bits per heavy atom. The first-order chi connectivity index (χ1) is 12.0. The quantitative estimate of drug-likeness (QED) is 0.388. The van der Waals surface area contributed by atoms with E-state index in [-0.39, 0.29) is 34.9 Å². The first-order valence-corrected chi connectivity index (χ1v) is 7.83. The lowest BCUT2D eigenvalue weighted by Crippen LogP contribution is -2.15. The van der Waals surface area contributed by atoms with Gasteiger partial charge in [0, 0.05) is 29.8 Å². The van der Waals surface area contributed by atoms with Crippen LogP contribution in [0.3, 0.4) is 0 Å². The molecule has 0 N–H and O–H groups in total. The molecule has 0 saturated heterocycles. The highest BCUT2D eigenvalue weighted by atomic mass is 32.1. The largest absolute Gasteiger partial charge is 0.496 e. The summed E-state index contributed by atoms with van der Waals surface area (Å²) in [7, 11) is 1.34. The van der Waals surface area contributed by atoms with Crippen molar-refractivity contribution in [2.24, 2.45) is 0 Å². The second-order valence-corrected chi connectivity index (χ2v) is 5.73. The Labute approximate surface area is 144 Å². The maximum absolute atomic E-state index is 12.2. The number of rotatable bonds is 5. The number of carbonyl (C=O) groups is 1. The molecule has 0 aliphatic carbocycles. The van der Waals surface area contributed by atoms with Crippen LogP contribution in [0.1, 0.15) is 16.1 Å². The van der Waals surface area contributed by atoms with E-state index >= 15 is 0 Å². The van der Waals surface area contributed by atoms with Crippen molar-refractivity contribution in [2.75, 3.05) is 7.11 Å². The van der Waals surface area contributed by atoms with E-state index in [4.69, 9.17) is 9.47 Å². The molecule has 0 atom stereocenters. The summed E-state index contributed by atoms with van der Waals surface area (Å²) in [6.07, 6.45) is 1.60. The zero-order chi connectivity index (χ0) is 18.0. The molecule has 1 aromatic carbocycles. The Balaban J connectivity index is 1.83. The van der Waals surface area contributed by atoms with Crippen LogP contribution in [-0.2, 0) is 11.3 Å². The smallest absolute Gasteiger partial charge is 0.342 e. The average molecular weight is 361 g/mol. The molecule has 0 amide bonds. The van der Waals surface area contributed by atoms with E-state index in [1.54, 1.807) is 11.6 Å². The molecule has 0 bridgehead atoms. The molecule has 0 unspecified atom stereocenters. The SMILES string of the molecule is COc1ccc([N+](=O)[O-])cc1C(=O)OCc1cc(=O)n2ccsc2n1. The van der Waals surface area contributed by atoms with Gasteiger partial charge in [0.2, 0.25) is 0 Å². The number of nitro benzene ring substituents is 1. The maximum Gasteiger partial charge on any atom is 0.342 e. The molecular formula is C15H11N3O6S. The second-order valence-electron chi connectivity index (χ2n) is 4.86. The van der Waals surface area contributed by atoms with Gasteiger partial charge in [-0.2, -0.15) is 0 Å². The van der Waals surface area contributed by atoms with Crippen molar-refractivity contribution in [1.82, 2.24) is 9.38 Å². The number of methoxy groups -OCH3 is 1. The molecule has 0 aliphatic heterocycles. The van der Waals surface area contributed by atoms with E-state index in [0.29, 0.717) is 4.96 Å². The Kier molecular flexibility index (Phi) is 4.44. The zero-order valence-electron chi connectivity index (χ0n) is 12.9. The van der Waals surface area contributed by atoms with E-state index in [1.165, 1.54) is 41.0 Å². The molecule has 0 spiro atoms. The molecule has 0 aliphatic rings. The number of aromatic nitrogens is 2. The number of hydrogen-bond donors (Lipinski definition) is 0. The zero-order valence-corrected chi connectivity index (χ0v) is 13.7. The molecule has 2 heterocycles. The molecule has 0 radical (unpaired) electrons. The number of ether oxygens (including phenoxy) is 2. The van der Waals surface area contributed by atoms with Crippen LogP contribution in [0, 0.1) is 10.1 Å². The minimum atomic E-state index is -0.811. The molecular weight excluding hydrogens is 350 g/mol. The van der Waals surface area contributed by atoms with Crippen molar-refractivity contribution in [3.63, 3.8) is 0 Å². The third-order valence-corrected chi connectivity index (χ3v) is 4.08. The highest BCUT2D eigenvalue weighted by molar-refractivity contribution is 7.15. The first-order valence-electron chi connectivity index (χ1n) is 6.95. The lowest BCUT2D eigenvalue weighted by Gasteiger charge is -2.08. The number of fused-ring (bicyclic) bond motifs is 1. The summed E-state index contributed by atoms with van der Waals surface area (Å²) in [6.45, 7) is -0.242. The van der Waals surface area contributed by atoms with Crippen LogP contribution in [0.2, 0.25) is 0 Å². The minimum absolute atomic E-state index is 0.0781. The standard InChI is InChI=1S/C15H11N3O6S/c1-23-12-3-2-10(18(21)22)7-11(12)14(20)24-8-9-6-13(19)17-4-5-25-15(17)16-9/h2-7H,8H2,1H3. The number of benzene rings is 1. The van der Waals surface area contributed by atoms with E-state index in [9.17, 15) is 19.7 Å². The monoisotopic (exact) mass is 361 g/mol. The fraction of sp³-hybridized carbons (Fsp3) is 0.133. The third kappa shape index (κ3) is 3.33. The second kappa shape index (κ2) is 6.69. The van der Waals surface area contributed by atoms with E-state index < -0.39 is 10.9 Å². The summed E-state index contributed by atoms with van der Waals surface area (Å²) in [5, 5.41) is 12.6. The van der Waals surface area contributed by atoms with Gasteiger partial charge in [-0.3, -0.25) is 19.3 Å². The van der Waals surface area contributed by atoms with Crippen LogP contribution in [0.25, 0.3) is 4.96 Å². The van der Waals surface area contributed by atoms with E-state index in [1.807, 2.05) is 0 Å². The average Bonchev–Trinajstić information content (AvgIpc) is 3.08. The minimum Gasteiger partial charge on any atom is -0.496 e. The fourth-order valence-electron chi connectivity index (χ4n) is 2.15. The van der Waals surface area contributed by atoms with Gasteiger partial charge in [0.25, 0.3) is 11.2 Å². The highest BCUT2D eigenvalue weighted by Crippen LogP contribution is 2.25. The predicted octanol–water partition coefficient (Wildman–Crippen LogP) is 2.03. The number of nitrogens with zero attached hydrogens (tertiary/aromatic N) is 3. The van der Waals surface area contributed by atoms with Crippen LogP contribution in [0.15, 0.2) is 40.6 Å². The van der Waals surface area contributed by atoms with Crippen molar-refractivity contribution in [3.05, 3.63) is 67.6 Å². The Hall–Kier alpha value is -3.27. The third-order valence-electron chi connectivity index (χ3n) is 3.32. The van der Waals surface area contributed by atoms with Crippen LogP contribution in [0.4, 0.5) is 5.69 Å². The van der Waals surface area contributed by atoms with Crippen molar-refractivity contribution < 1.29 is 19.2 Å². The molecule has 3 rings (SSSR count). The molecule has 25 heavy (non-hydrogen) atoms. The van der Waals surface area contributed by atoms with Crippen LogP contribution in [0.5, 0.6) is 5.75 Å². The van der Waals surface area contributed by atoms with E-state index in [2.05, 4.69) is 4.98 Å². The maximum atomic E-state index is 12.2. The molecule has 0 saturated carbocycles. The summed E-state index contributed by atoms with van der Waals surface area (Å²) in [5.41, 5.74) is -0.342. The lowest BCUT2D eigenvalue weighted by atomic mass is 10.2. The molecule has 2 aromatic heterocycles. The summed E-state index contributed by atoms with van der Waals surface area (Å²) in [5.74, 6) is -0.661. The molecule has 10 heteroatoms. The van der Waals surface area contributed by atoms with Gasteiger partial charge in [-0.15, -0.1) is 11.3 Å². The van der Waals surface area contributed by atoms with Crippen molar-refractivity contribution >= 4 is 28.0 Å². The normalized spacial score (nSPS) is 10.6. The van der Waals surface area contributed by atoms with Gasteiger partial charge >= 0.3 is 5.97 Å². The van der Waals surface area contributed by atoms with Crippen molar-refractivity contribution in [1.29, 1.82) is 0 Å². The number of nitro groups is 1. The summed E-state index contributed by atoms with van der Waals surface area (Å²) < 4.78 is 11.5. The molecule has 9 nitrogen and oxygen atoms in total. The van der Waals surface area contributed by atoms with Gasteiger partial charge in [-0.05, 0) is 6.07 Å². The molecule has 3 aromatic rings. The fourth-order valence-corrected chi connectivity index (χ4v) is 2.89. The number of non-ortho nitro benzene ring substituents is 1. The highest BCUT2D eigenvalue weighted by Gasteiger charge is 2.19. The van der Waals surface area contributed by atoms with Gasteiger partial charge in [-0.25, -0.2) is 9.78 Å². The molecule has 0 fully saturated rings. The van der Waals surface area contributed by atoms with Gasteiger partial charge < -0.3 is 9.47 Å². The lowest BCUT2D eigenvalue weighted by molar-refractivity contribution is -0.384. The summed E-state index contributed by atoms with van der Waals surface area (Å²) in [6, 6.07) is 4.88. The predicted molar refractivity (Wildman–Crippen MR) is 88.1 cm³/mol. The van der Waals surface area contributed by atoms with Crippen LogP contribution < -0.4 is 10.3 Å². The Bertz CT molecular complexity index is 1030.